The quantitative estimate of drug-likeness (QED) is 0.348. The van der Waals surface area contributed by atoms with Gasteiger partial charge in [-0.25, -0.2) is 4.68 Å². The Morgan fingerprint density at radius 1 is 0.875 bits per heavy atom. The molecule has 0 radical (unpaired) electrons. The SMILES string of the molecule is C(=N/n1c(-c2ccccc2)csc1=NC[C@H]1CCCO1)/c1ccc(-c2ccccc2)cc1. The number of hydrogen-bond acceptors (Lipinski definition) is 4. The number of aromatic nitrogens is 1. The van der Waals surface area contributed by atoms with Gasteiger partial charge < -0.3 is 4.74 Å². The molecule has 0 N–H and O–H groups in total. The van der Waals surface area contributed by atoms with E-state index in [2.05, 4.69) is 66.0 Å². The lowest BCUT2D eigenvalue weighted by atomic mass is 10.0. The maximum atomic E-state index is 5.75. The van der Waals surface area contributed by atoms with E-state index in [4.69, 9.17) is 14.8 Å². The van der Waals surface area contributed by atoms with E-state index in [9.17, 15) is 0 Å². The van der Waals surface area contributed by atoms with Crippen molar-refractivity contribution in [1.82, 2.24) is 4.68 Å². The molecule has 0 bridgehead atoms. The van der Waals surface area contributed by atoms with Crippen molar-refractivity contribution in [3.63, 3.8) is 0 Å². The molecule has 5 heteroatoms. The van der Waals surface area contributed by atoms with Gasteiger partial charge in [0.1, 0.15) is 0 Å². The summed E-state index contributed by atoms with van der Waals surface area (Å²) < 4.78 is 7.69. The van der Waals surface area contributed by atoms with Crippen molar-refractivity contribution >= 4 is 17.6 Å². The van der Waals surface area contributed by atoms with Crippen LogP contribution in [0, 0.1) is 0 Å². The maximum Gasteiger partial charge on any atom is 0.206 e. The minimum atomic E-state index is 0.222. The van der Waals surface area contributed by atoms with Crippen molar-refractivity contribution < 1.29 is 4.74 Å². The van der Waals surface area contributed by atoms with Crippen molar-refractivity contribution in [2.24, 2.45) is 10.1 Å². The van der Waals surface area contributed by atoms with E-state index >= 15 is 0 Å². The highest BCUT2D eigenvalue weighted by Crippen LogP contribution is 2.21. The Kier molecular flexibility index (Phi) is 6.37. The standard InChI is InChI=1S/C27H25N3OS/c1-3-8-22(9-4-1)23-15-13-21(14-16-23)18-29-30-26(24-10-5-2-6-11-24)20-32-27(30)28-19-25-12-7-17-31-25/h1-6,8-11,13-16,18,20,25H,7,12,17,19H2/b28-27?,29-18-/t25-/m1/s1. The van der Waals surface area contributed by atoms with E-state index in [0.29, 0.717) is 6.54 Å². The zero-order valence-electron chi connectivity index (χ0n) is 17.8. The molecular weight excluding hydrogens is 414 g/mol. The third kappa shape index (κ3) is 4.79. The van der Waals surface area contributed by atoms with Crippen LogP contribution in [0.25, 0.3) is 22.4 Å². The van der Waals surface area contributed by atoms with Crippen molar-refractivity contribution in [1.29, 1.82) is 0 Å². The summed E-state index contributed by atoms with van der Waals surface area (Å²) in [6, 6.07) is 29.2. The first-order valence-corrected chi connectivity index (χ1v) is 11.8. The largest absolute Gasteiger partial charge is 0.376 e. The summed E-state index contributed by atoms with van der Waals surface area (Å²) in [4.78, 5) is 5.73. The minimum Gasteiger partial charge on any atom is -0.376 e. The molecule has 3 aromatic carbocycles. The molecule has 1 saturated heterocycles. The molecular formula is C27H25N3OS. The fraction of sp³-hybridized carbons (Fsp3) is 0.185. The molecule has 0 amide bonds. The lowest BCUT2D eigenvalue weighted by Crippen LogP contribution is -2.17. The highest BCUT2D eigenvalue weighted by Gasteiger charge is 2.15. The van der Waals surface area contributed by atoms with Gasteiger partial charge in [-0.1, -0.05) is 84.9 Å². The zero-order chi connectivity index (χ0) is 21.6. The lowest BCUT2D eigenvalue weighted by Gasteiger charge is -2.06. The molecule has 2 heterocycles. The number of ether oxygens (including phenoxy) is 1. The Balaban J connectivity index is 1.45. The molecule has 1 fully saturated rings. The molecule has 32 heavy (non-hydrogen) atoms. The summed E-state index contributed by atoms with van der Waals surface area (Å²) in [5, 5.41) is 6.95. The topological polar surface area (TPSA) is 38.9 Å². The van der Waals surface area contributed by atoms with Crippen molar-refractivity contribution in [2.75, 3.05) is 13.2 Å². The van der Waals surface area contributed by atoms with Gasteiger partial charge in [0.15, 0.2) is 0 Å². The first-order valence-electron chi connectivity index (χ1n) is 10.9. The fourth-order valence-electron chi connectivity index (χ4n) is 3.81. The Labute approximate surface area is 192 Å². The molecule has 0 spiro atoms. The molecule has 1 aliphatic rings. The number of benzene rings is 3. The molecule has 0 saturated carbocycles. The maximum absolute atomic E-state index is 5.75. The van der Waals surface area contributed by atoms with E-state index < -0.39 is 0 Å². The van der Waals surface area contributed by atoms with Crippen LogP contribution in [0.5, 0.6) is 0 Å². The Morgan fingerprint density at radius 3 is 2.25 bits per heavy atom. The number of rotatable bonds is 6. The van der Waals surface area contributed by atoms with E-state index in [0.717, 1.165) is 41.1 Å². The molecule has 0 unspecified atom stereocenters. The normalized spacial score (nSPS) is 16.8. The van der Waals surface area contributed by atoms with Crippen LogP contribution in [-0.4, -0.2) is 30.1 Å². The third-order valence-electron chi connectivity index (χ3n) is 5.55. The molecule has 1 aliphatic heterocycles. The predicted octanol–water partition coefficient (Wildman–Crippen LogP) is 5.85. The van der Waals surface area contributed by atoms with Gasteiger partial charge in [0.2, 0.25) is 4.80 Å². The van der Waals surface area contributed by atoms with Gasteiger partial charge in [0.05, 0.1) is 24.6 Å². The second kappa shape index (κ2) is 9.90. The number of thiazole rings is 1. The van der Waals surface area contributed by atoms with Gasteiger partial charge in [-0.3, -0.25) is 4.99 Å². The highest BCUT2D eigenvalue weighted by atomic mass is 32.1. The van der Waals surface area contributed by atoms with Crippen LogP contribution in [0.4, 0.5) is 0 Å². The van der Waals surface area contributed by atoms with Crippen LogP contribution in [0.1, 0.15) is 18.4 Å². The molecule has 4 nitrogen and oxygen atoms in total. The summed E-state index contributed by atoms with van der Waals surface area (Å²) in [6.45, 7) is 1.52. The summed E-state index contributed by atoms with van der Waals surface area (Å²) in [5.74, 6) is 0. The fourth-order valence-corrected chi connectivity index (χ4v) is 4.66. The molecule has 160 valence electrons. The second-order valence-corrected chi connectivity index (χ2v) is 8.63. The number of nitrogens with zero attached hydrogens (tertiary/aromatic N) is 3. The molecule has 5 rings (SSSR count). The molecule has 1 aromatic heterocycles. The summed E-state index contributed by atoms with van der Waals surface area (Å²) >= 11 is 1.62. The molecule has 1 atom stereocenters. The van der Waals surface area contributed by atoms with Crippen LogP contribution < -0.4 is 4.80 Å². The van der Waals surface area contributed by atoms with E-state index in [1.165, 1.54) is 11.1 Å². The number of hydrogen-bond donors (Lipinski definition) is 0. The van der Waals surface area contributed by atoms with Crippen molar-refractivity contribution in [2.45, 2.75) is 18.9 Å². The van der Waals surface area contributed by atoms with Crippen LogP contribution >= 0.6 is 11.3 Å². The van der Waals surface area contributed by atoms with E-state index in [1.54, 1.807) is 11.3 Å². The smallest absolute Gasteiger partial charge is 0.206 e. The van der Waals surface area contributed by atoms with Crippen molar-refractivity contribution in [3.8, 4) is 22.4 Å². The van der Waals surface area contributed by atoms with Gasteiger partial charge in [-0.2, -0.15) is 5.10 Å². The summed E-state index contributed by atoms with van der Waals surface area (Å²) in [5.41, 5.74) is 5.62. The van der Waals surface area contributed by atoms with Gasteiger partial charge in [0, 0.05) is 17.6 Å². The van der Waals surface area contributed by atoms with Crippen LogP contribution in [0.2, 0.25) is 0 Å². The highest BCUT2D eigenvalue weighted by molar-refractivity contribution is 7.07. The Morgan fingerprint density at radius 2 is 1.56 bits per heavy atom. The van der Waals surface area contributed by atoms with Crippen molar-refractivity contribution in [3.05, 3.63) is 101 Å². The summed E-state index contributed by atoms with van der Waals surface area (Å²) in [6.07, 6.45) is 4.33. The average molecular weight is 440 g/mol. The lowest BCUT2D eigenvalue weighted by molar-refractivity contribution is 0.117. The average Bonchev–Trinajstić information content (AvgIpc) is 3.53. The van der Waals surface area contributed by atoms with E-state index in [-0.39, 0.29) is 6.10 Å². The van der Waals surface area contributed by atoms with Gasteiger partial charge in [-0.15, -0.1) is 11.3 Å². The molecule has 4 aromatic rings. The second-order valence-electron chi connectivity index (χ2n) is 7.79. The first-order chi connectivity index (χ1) is 15.9. The van der Waals surface area contributed by atoms with Gasteiger partial charge >= 0.3 is 0 Å². The van der Waals surface area contributed by atoms with Gasteiger partial charge in [0.25, 0.3) is 0 Å². The molecule has 0 aliphatic carbocycles. The van der Waals surface area contributed by atoms with Crippen LogP contribution in [0.15, 0.2) is 100 Å². The zero-order valence-corrected chi connectivity index (χ0v) is 18.6. The monoisotopic (exact) mass is 439 g/mol. The summed E-state index contributed by atoms with van der Waals surface area (Å²) in [7, 11) is 0. The predicted molar refractivity (Wildman–Crippen MR) is 132 cm³/mol. The Bertz CT molecular complexity index is 1240. The first kappa shape index (κ1) is 20.6. The van der Waals surface area contributed by atoms with Crippen LogP contribution in [-0.2, 0) is 4.74 Å². The Hall–Kier alpha value is -3.28. The van der Waals surface area contributed by atoms with Gasteiger partial charge in [-0.05, 0) is 29.5 Å². The third-order valence-corrected chi connectivity index (χ3v) is 6.40. The van der Waals surface area contributed by atoms with E-state index in [1.807, 2.05) is 35.2 Å². The van der Waals surface area contributed by atoms with Crippen LogP contribution in [0.3, 0.4) is 0 Å². The minimum absolute atomic E-state index is 0.222.